The summed E-state index contributed by atoms with van der Waals surface area (Å²) in [7, 11) is 0. The van der Waals surface area contributed by atoms with Gasteiger partial charge in [-0.3, -0.25) is 4.79 Å². The topological polar surface area (TPSA) is 53.8 Å². The van der Waals surface area contributed by atoms with Crippen LogP contribution in [0.25, 0.3) is 0 Å². The van der Waals surface area contributed by atoms with Crippen LogP contribution in [0.4, 0.5) is 0 Å². The zero-order chi connectivity index (χ0) is 14.8. The highest BCUT2D eigenvalue weighted by Gasteiger charge is 2.18. The van der Waals surface area contributed by atoms with E-state index in [1.807, 2.05) is 0 Å². The summed E-state index contributed by atoms with van der Waals surface area (Å²) in [4.78, 5) is 11.2. The van der Waals surface area contributed by atoms with Gasteiger partial charge >= 0.3 is 0 Å². The second-order valence-electron chi connectivity index (χ2n) is 5.59. The molecule has 1 amide bonds. The van der Waals surface area contributed by atoms with Crippen molar-refractivity contribution in [3.8, 4) is 0 Å². The van der Waals surface area contributed by atoms with E-state index in [2.05, 4.69) is 41.5 Å². The van der Waals surface area contributed by atoms with Crippen molar-refractivity contribution in [2.45, 2.75) is 39.5 Å². The van der Waals surface area contributed by atoms with Crippen LogP contribution in [0.5, 0.6) is 0 Å². The van der Waals surface area contributed by atoms with Crippen molar-refractivity contribution in [2.75, 3.05) is 5.75 Å². The lowest BCUT2D eigenvalue weighted by Crippen LogP contribution is -2.19. The Balaban J connectivity index is 1.96. The predicted molar refractivity (Wildman–Crippen MR) is 88.0 cm³/mol. The van der Waals surface area contributed by atoms with Crippen LogP contribution in [0.2, 0.25) is 0 Å². The molecule has 1 fully saturated rings. The maximum Gasteiger partial charge on any atom is 0.236 e. The van der Waals surface area contributed by atoms with Gasteiger partial charge < -0.3 is 5.32 Å². The van der Waals surface area contributed by atoms with Gasteiger partial charge in [-0.15, -0.1) is 5.10 Å². The first kappa shape index (κ1) is 14.3. The highest BCUT2D eigenvalue weighted by molar-refractivity contribution is 8.15. The number of nitrogens with one attached hydrogen (secondary N) is 1. The first-order valence-electron chi connectivity index (χ1n) is 7.31. The van der Waals surface area contributed by atoms with E-state index in [1.165, 1.54) is 40.4 Å². The maximum atomic E-state index is 11.2. The molecule has 1 N–H and O–H groups in total. The van der Waals surface area contributed by atoms with Crippen LogP contribution in [0, 0.1) is 13.8 Å². The number of carbonyl (C=O) groups is 1. The van der Waals surface area contributed by atoms with E-state index in [-0.39, 0.29) is 5.91 Å². The summed E-state index contributed by atoms with van der Waals surface area (Å²) in [6, 6.07) is 4.51. The van der Waals surface area contributed by atoms with Gasteiger partial charge in [0.1, 0.15) is 0 Å². The number of hydrogen-bond donors (Lipinski definition) is 1. The van der Waals surface area contributed by atoms with Gasteiger partial charge in [-0.2, -0.15) is 5.10 Å². The predicted octanol–water partition coefficient (Wildman–Crippen LogP) is 2.95. The average molecular weight is 301 g/mol. The van der Waals surface area contributed by atoms with Gasteiger partial charge in [0.25, 0.3) is 0 Å². The molecule has 0 spiro atoms. The number of rotatable bonds is 1. The minimum Gasteiger partial charge on any atom is -0.303 e. The molecule has 21 heavy (non-hydrogen) atoms. The van der Waals surface area contributed by atoms with E-state index in [1.54, 1.807) is 0 Å². The molecule has 0 radical (unpaired) electrons. The molecule has 3 rings (SSSR count). The van der Waals surface area contributed by atoms with Crippen molar-refractivity contribution in [3.63, 3.8) is 0 Å². The molecule has 5 heteroatoms. The van der Waals surface area contributed by atoms with Gasteiger partial charge in [-0.25, -0.2) is 0 Å². The third-order valence-corrected chi connectivity index (χ3v) is 4.85. The molecule has 1 saturated heterocycles. The van der Waals surface area contributed by atoms with Gasteiger partial charge in [-0.05, 0) is 62.3 Å². The van der Waals surface area contributed by atoms with E-state index >= 15 is 0 Å². The number of hydrogen-bond acceptors (Lipinski definition) is 4. The van der Waals surface area contributed by atoms with E-state index in [9.17, 15) is 4.79 Å². The Labute approximate surface area is 129 Å². The first-order valence-corrected chi connectivity index (χ1v) is 8.30. The van der Waals surface area contributed by atoms with Crippen LogP contribution in [-0.2, 0) is 11.2 Å². The SMILES string of the molecule is Cc1cc2c(cc1C)/C(=N/N=C1/NC(=O)CS1)CCCC2. The fraction of sp³-hybridized carbons (Fsp3) is 0.438. The van der Waals surface area contributed by atoms with Gasteiger partial charge in [0.2, 0.25) is 5.91 Å². The number of fused-ring (bicyclic) bond motifs is 1. The molecule has 1 aliphatic carbocycles. The fourth-order valence-electron chi connectivity index (χ4n) is 2.68. The third-order valence-electron chi connectivity index (χ3n) is 3.99. The number of aryl methyl sites for hydroxylation is 3. The molecule has 0 aromatic heterocycles. The lowest BCUT2D eigenvalue weighted by Gasteiger charge is -2.10. The zero-order valence-corrected chi connectivity index (χ0v) is 13.2. The summed E-state index contributed by atoms with van der Waals surface area (Å²) in [5.41, 5.74) is 6.27. The number of thioether (sulfide) groups is 1. The molecule has 0 saturated carbocycles. The Morgan fingerprint density at radius 3 is 2.62 bits per heavy atom. The molecule has 4 nitrogen and oxygen atoms in total. The van der Waals surface area contributed by atoms with Gasteiger partial charge in [0.15, 0.2) is 5.17 Å². The van der Waals surface area contributed by atoms with Crippen LogP contribution in [0.15, 0.2) is 22.3 Å². The van der Waals surface area contributed by atoms with Crippen LogP contribution >= 0.6 is 11.8 Å². The Kier molecular flexibility index (Phi) is 4.10. The summed E-state index contributed by atoms with van der Waals surface area (Å²) in [5.74, 6) is 0.449. The molecule has 1 aromatic rings. The van der Waals surface area contributed by atoms with Crippen LogP contribution in [-0.4, -0.2) is 22.5 Å². The third kappa shape index (κ3) is 3.18. The number of amidine groups is 1. The number of amides is 1. The van der Waals surface area contributed by atoms with Crippen molar-refractivity contribution in [1.29, 1.82) is 0 Å². The first-order chi connectivity index (χ1) is 10.1. The lowest BCUT2D eigenvalue weighted by molar-refractivity contribution is -0.116. The molecule has 1 aromatic carbocycles. The number of nitrogens with zero attached hydrogens (tertiary/aromatic N) is 2. The highest BCUT2D eigenvalue weighted by Crippen LogP contribution is 2.25. The van der Waals surface area contributed by atoms with E-state index < -0.39 is 0 Å². The molecule has 0 atom stereocenters. The van der Waals surface area contributed by atoms with Crippen molar-refractivity contribution in [1.82, 2.24) is 5.32 Å². The highest BCUT2D eigenvalue weighted by atomic mass is 32.2. The van der Waals surface area contributed by atoms with Crippen molar-refractivity contribution in [2.24, 2.45) is 10.2 Å². The monoisotopic (exact) mass is 301 g/mol. The zero-order valence-electron chi connectivity index (χ0n) is 12.4. The minimum absolute atomic E-state index is 0.00619. The number of carbonyl (C=O) groups excluding carboxylic acids is 1. The fourth-order valence-corrected chi connectivity index (χ4v) is 3.31. The van der Waals surface area contributed by atoms with E-state index in [4.69, 9.17) is 0 Å². The van der Waals surface area contributed by atoms with Crippen molar-refractivity contribution in [3.05, 3.63) is 34.4 Å². The maximum absolute atomic E-state index is 11.2. The number of benzene rings is 1. The Bertz CT molecular complexity index is 649. The summed E-state index contributed by atoms with van der Waals surface area (Å²) < 4.78 is 0. The van der Waals surface area contributed by atoms with Crippen molar-refractivity contribution < 1.29 is 4.79 Å². The van der Waals surface area contributed by atoms with E-state index in [0.29, 0.717) is 10.9 Å². The van der Waals surface area contributed by atoms with Gasteiger partial charge in [0.05, 0.1) is 11.5 Å². The minimum atomic E-state index is 0.00619. The van der Waals surface area contributed by atoms with Crippen LogP contribution in [0.1, 0.15) is 41.5 Å². The summed E-state index contributed by atoms with van der Waals surface area (Å²) in [6.07, 6.45) is 4.38. The Morgan fingerprint density at radius 2 is 1.86 bits per heavy atom. The second-order valence-corrected chi connectivity index (χ2v) is 6.55. The largest absolute Gasteiger partial charge is 0.303 e. The Hall–Kier alpha value is -1.62. The molecule has 1 heterocycles. The van der Waals surface area contributed by atoms with Crippen LogP contribution in [0.3, 0.4) is 0 Å². The summed E-state index contributed by atoms with van der Waals surface area (Å²) in [5, 5.41) is 12.0. The van der Waals surface area contributed by atoms with Gasteiger partial charge in [-0.1, -0.05) is 17.8 Å². The normalized spacial score (nSPS) is 22.3. The Morgan fingerprint density at radius 1 is 1.10 bits per heavy atom. The van der Waals surface area contributed by atoms with Crippen LogP contribution < -0.4 is 5.32 Å². The molecule has 0 unspecified atom stereocenters. The van der Waals surface area contributed by atoms with Crippen molar-refractivity contribution >= 4 is 28.5 Å². The lowest BCUT2D eigenvalue weighted by atomic mass is 9.96. The molecule has 1 aliphatic heterocycles. The molecular weight excluding hydrogens is 282 g/mol. The van der Waals surface area contributed by atoms with Gasteiger partial charge in [0, 0.05) is 5.56 Å². The molecule has 2 aliphatic rings. The quantitative estimate of drug-likeness (QED) is 0.640. The van der Waals surface area contributed by atoms with E-state index in [0.717, 1.165) is 25.0 Å². The average Bonchev–Trinajstić information content (AvgIpc) is 2.77. The molecular formula is C16H19N3OS. The molecule has 0 bridgehead atoms. The standard InChI is InChI=1S/C16H19N3OS/c1-10-7-12-5-3-4-6-14(13(12)8-11(10)2)18-19-16-17-15(20)9-21-16/h7-8H,3-6,9H2,1-2H3,(H,17,19,20)/b18-14+. The summed E-state index contributed by atoms with van der Waals surface area (Å²) >= 11 is 1.41. The smallest absolute Gasteiger partial charge is 0.236 e. The summed E-state index contributed by atoms with van der Waals surface area (Å²) in [6.45, 7) is 4.29. The second kappa shape index (κ2) is 6.02. The molecule has 110 valence electrons.